The van der Waals surface area contributed by atoms with Crippen LogP contribution in [-0.4, -0.2) is 27.6 Å². The minimum absolute atomic E-state index is 0.132. The Balaban J connectivity index is 1.44. The van der Waals surface area contributed by atoms with Crippen molar-refractivity contribution in [1.82, 2.24) is 15.1 Å². The third kappa shape index (κ3) is 4.46. The molecule has 0 saturated heterocycles. The standard InChI is InChI=1S/C20H15FN4O3S/c1-12-17(19-24-18(25-28-19)13-7-9-14(21)10-8-13)29-20(22-12)23-16(26)11-27-15-5-3-2-4-6-15/h2-10H,11H2,1H3,(H,22,23,26). The molecule has 1 N–H and O–H groups in total. The van der Waals surface area contributed by atoms with Gasteiger partial charge in [0.1, 0.15) is 16.4 Å². The van der Waals surface area contributed by atoms with Crippen molar-refractivity contribution in [3.8, 4) is 27.9 Å². The van der Waals surface area contributed by atoms with Crippen LogP contribution in [0.25, 0.3) is 22.2 Å². The molecule has 0 radical (unpaired) electrons. The SMILES string of the molecule is Cc1nc(NC(=O)COc2ccccc2)sc1-c1nc(-c2ccc(F)cc2)no1. The minimum Gasteiger partial charge on any atom is -0.484 e. The summed E-state index contributed by atoms with van der Waals surface area (Å²) < 4.78 is 23.8. The first kappa shape index (κ1) is 18.8. The highest BCUT2D eigenvalue weighted by atomic mass is 32.1. The molecule has 7 nitrogen and oxygen atoms in total. The number of ether oxygens (including phenoxy) is 1. The summed E-state index contributed by atoms with van der Waals surface area (Å²) in [6.45, 7) is 1.65. The summed E-state index contributed by atoms with van der Waals surface area (Å²) in [6.07, 6.45) is 0. The number of carbonyl (C=O) groups excluding carboxylic acids is 1. The van der Waals surface area contributed by atoms with Crippen LogP contribution >= 0.6 is 11.3 Å². The lowest BCUT2D eigenvalue weighted by atomic mass is 10.2. The highest BCUT2D eigenvalue weighted by Crippen LogP contribution is 2.32. The van der Waals surface area contributed by atoms with Gasteiger partial charge in [-0.2, -0.15) is 4.98 Å². The molecule has 9 heteroatoms. The zero-order chi connectivity index (χ0) is 20.2. The van der Waals surface area contributed by atoms with Crippen LogP contribution in [0.4, 0.5) is 9.52 Å². The van der Waals surface area contributed by atoms with Crippen molar-refractivity contribution >= 4 is 22.4 Å². The molecule has 4 rings (SSSR count). The predicted octanol–water partition coefficient (Wildman–Crippen LogP) is 4.33. The monoisotopic (exact) mass is 410 g/mol. The number of carbonyl (C=O) groups is 1. The maximum atomic E-state index is 13.1. The van der Waals surface area contributed by atoms with Crippen LogP contribution in [0.1, 0.15) is 5.69 Å². The van der Waals surface area contributed by atoms with Gasteiger partial charge in [-0.1, -0.05) is 34.7 Å². The fourth-order valence-electron chi connectivity index (χ4n) is 2.50. The smallest absolute Gasteiger partial charge is 0.270 e. The molecular formula is C20H15FN4O3S. The van der Waals surface area contributed by atoms with Gasteiger partial charge in [0.25, 0.3) is 11.8 Å². The molecule has 4 aromatic rings. The van der Waals surface area contributed by atoms with Crippen LogP contribution in [-0.2, 0) is 4.79 Å². The molecule has 0 unspecified atom stereocenters. The second-order valence-corrected chi connectivity index (χ2v) is 7.01. The van der Waals surface area contributed by atoms with Crippen molar-refractivity contribution in [2.45, 2.75) is 6.92 Å². The number of nitrogens with one attached hydrogen (secondary N) is 1. The third-order valence-electron chi connectivity index (χ3n) is 3.88. The summed E-state index contributed by atoms with van der Waals surface area (Å²) in [7, 11) is 0. The Bertz CT molecular complexity index is 1130. The summed E-state index contributed by atoms with van der Waals surface area (Å²) in [6, 6.07) is 14.9. The summed E-state index contributed by atoms with van der Waals surface area (Å²) >= 11 is 1.22. The maximum absolute atomic E-state index is 13.1. The molecule has 2 aromatic heterocycles. The van der Waals surface area contributed by atoms with E-state index in [1.165, 1.54) is 23.5 Å². The number of nitrogens with zero attached hydrogens (tertiary/aromatic N) is 3. The molecule has 2 heterocycles. The second-order valence-electron chi connectivity index (χ2n) is 6.01. The molecule has 0 bridgehead atoms. The van der Waals surface area contributed by atoms with Gasteiger partial charge in [0.05, 0.1) is 5.69 Å². The van der Waals surface area contributed by atoms with Gasteiger partial charge in [-0.05, 0) is 43.3 Å². The van der Waals surface area contributed by atoms with E-state index in [1.54, 1.807) is 31.2 Å². The van der Waals surface area contributed by atoms with E-state index >= 15 is 0 Å². The molecule has 0 atom stereocenters. The highest BCUT2D eigenvalue weighted by molar-refractivity contribution is 7.19. The topological polar surface area (TPSA) is 90.1 Å². The van der Waals surface area contributed by atoms with Crippen LogP contribution in [0.2, 0.25) is 0 Å². The summed E-state index contributed by atoms with van der Waals surface area (Å²) in [4.78, 5) is 21.4. The average Bonchev–Trinajstić information content (AvgIpc) is 3.34. The van der Waals surface area contributed by atoms with Crippen LogP contribution in [0.15, 0.2) is 59.1 Å². The highest BCUT2D eigenvalue weighted by Gasteiger charge is 2.18. The quantitative estimate of drug-likeness (QED) is 0.509. The summed E-state index contributed by atoms with van der Waals surface area (Å²) in [5, 5.41) is 7.03. The number of amides is 1. The molecule has 2 aromatic carbocycles. The molecule has 146 valence electrons. The van der Waals surface area contributed by atoms with Crippen LogP contribution in [0.3, 0.4) is 0 Å². The Morgan fingerprint density at radius 1 is 1.14 bits per heavy atom. The van der Waals surface area contributed by atoms with Crippen molar-refractivity contribution in [3.63, 3.8) is 0 Å². The molecule has 0 aliphatic carbocycles. The molecular weight excluding hydrogens is 395 g/mol. The number of rotatable bonds is 6. The second kappa shape index (κ2) is 8.19. The summed E-state index contributed by atoms with van der Waals surface area (Å²) in [5.74, 6) is 0.562. The van der Waals surface area contributed by atoms with Gasteiger partial charge in [0.2, 0.25) is 5.82 Å². The first-order chi connectivity index (χ1) is 14.1. The van der Waals surface area contributed by atoms with Crippen LogP contribution < -0.4 is 10.1 Å². The lowest BCUT2D eigenvalue weighted by Crippen LogP contribution is -2.20. The molecule has 0 aliphatic heterocycles. The number of hydrogen-bond acceptors (Lipinski definition) is 7. The lowest BCUT2D eigenvalue weighted by molar-refractivity contribution is -0.118. The number of hydrogen-bond donors (Lipinski definition) is 1. The van der Waals surface area contributed by atoms with Gasteiger partial charge in [0, 0.05) is 5.56 Å². The molecule has 0 fully saturated rings. The minimum atomic E-state index is -0.340. The largest absolute Gasteiger partial charge is 0.484 e. The average molecular weight is 410 g/mol. The van der Waals surface area contributed by atoms with Crippen molar-refractivity contribution in [3.05, 3.63) is 66.1 Å². The fourth-order valence-corrected chi connectivity index (χ4v) is 3.41. The predicted molar refractivity (Wildman–Crippen MR) is 106 cm³/mol. The number of thiazole rings is 1. The van der Waals surface area contributed by atoms with Crippen LogP contribution in [0, 0.1) is 12.7 Å². The Kier molecular flexibility index (Phi) is 5.30. The molecule has 0 aliphatic rings. The van der Waals surface area contributed by atoms with E-state index in [4.69, 9.17) is 9.26 Å². The zero-order valence-electron chi connectivity index (χ0n) is 15.3. The number of para-hydroxylation sites is 1. The maximum Gasteiger partial charge on any atom is 0.270 e. The van der Waals surface area contributed by atoms with Crippen molar-refractivity contribution in [2.75, 3.05) is 11.9 Å². The van der Waals surface area contributed by atoms with Gasteiger partial charge in [-0.15, -0.1) is 0 Å². The number of anilines is 1. The van der Waals surface area contributed by atoms with Gasteiger partial charge < -0.3 is 9.26 Å². The van der Waals surface area contributed by atoms with E-state index in [2.05, 4.69) is 20.4 Å². The van der Waals surface area contributed by atoms with E-state index in [0.29, 0.717) is 32.8 Å². The van der Waals surface area contributed by atoms with E-state index in [0.717, 1.165) is 0 Å². The first-order valence-corrected chi connectivity index (χ1v) is 9.45. The third-order valence-corrected chi connectivity index (χ3v) is 4.94. The Labute approximate surface area is 169 Å². The van der Waals surface area contributed by atoms with Gasteiger partial charge >= 0.3 is 0 Å². The van der Waals surface area contributed by atoms with Gasteiger partial charge in [0.15, 0.2) is 11.7 Å². The Morgan fingerprint density at radius 2 is 1.90 bits per heavy atom. The number of aryl methyl sites for hydroxylation is 1. The van der Waals surface area contributed by atoms with Crippen LogP contribution in [0.5, 0.6) is 5.75 Å². The molecule has 0 spiro atoms. The normalized spacial score (nSPS) is 10.7. The fraction of sp³-hybridized carbons (Fsp3) is 0.100. The Hall–Kier alpha value is -3.59. The first-order valence-electron chi connectivity index (χ1n) is 8.63. The van der Waals surface area contributed by atoms with E-state index in [-0.39, 0.29) is 24.2 Å². The number of benzene rings is 2. The van der Waals surface area contributed by atoms with Crippen molar-refractivity contribution < 1.29 is 18.4 Å². The zero-order valence-corrected chi connectivity index (χ0v) is 16.1. The number of aromatic nitrogens is 3. The van der Waals surface area contributed by atoms with E-state index in [1.807, 2.05) is 18.2 Å². The molecule has 0 saturated carbocycles. The lowest BCUT2D eigenvalue weighted by Gasteiger charge is -2.05. The molecule has 1 amide bonds. The Morgan fingerprint density at radius 3 is 2.66 bits per heavy atom. The summed E-state index contributed by atoms with van der Waals surface area (Å²) in [5.41, 5.74) is 1.28. The van der Waals surface area contributed by atoms with Crippen molar-refractivity contribution in [2.24, 2.45) is 0 Å². The van der Waals surface area contributed by atoms with Gasteiger partial charge in [-0.3, -0.25) is 10.1 Å². The molecule has 29 heavy (non-hydrogen) atoms. The number of halogens is 1. The van der Waals surface area contributed by atoms with E-state index < -0.39 is 0 Å². The van der Waals surface area contributed by atoms with Gasteiger partial charge in [-0.25, -0.2) is 9.37 Å². The van der Waals surface area contributed by atoms with E-state index in [9.17, 15) is 9.18 Å². The van der Waals surface area contributed by atoms with Crippen molar-refractivity contribution in [1.29, 1.82) is 0 Å².